The van der Waals surface area contributed by atoms with Crippen molar-refractivity contribution in [3.63, 3.8) is 0 Å². The van der Waals surface area contributed by atoms with Gasteiger partial charge in [0.1, 0.15) is 11.2 Å². The third kappa shape index (κ3) is 3.57. The van der Waals surface area contributed by atoms with Crippen LogP contribution in [0, 0.1) is 11.7 Å². The fraction of sp³-hybridized carbons (Fsp3) is 0.619. The number of aromatic amines is 1. The molecule has 0 amide bonds. The van der Waals surface area contributed by atoms with Crippen LogP contribution in [0.15, 0.2) is 9.59 Å². The van der Waals surface area contributed by atoms with Gasteiger partial charge >= 0.3 is 5.69 Å². The molecule has 1 aromatic heterocycles. The highest BCUT2D eigenvalue weighted by molar-refractivity contribution is 5.94. The number of halogens is 3. The summed E-state index contributed by atoms with van der Waals surface area (Å²) in [5.74, 6) is -1.61. The van der Waals surface area contributed by atoms with Gasteiger partial charge in [0.25, 0.3) is 12.0 Å². The van der Waals surface area contributed by atoms with Gasteiger partial charge in [-0.05, 0) is 39.0 Å². The number of benzene rings is 1. The van der Waals surface area contributed by atoms with Crippen molar-refractivity contribution >= 4 is 16.6 Å². The van der Waals surface area contributed by atoms with Crippen LogP contribution in [0.4, 0.5) is 18.9 Å². The molecule has 2 unspecified atom stereocenters. The summed E-state index contributed by atoms with van der Waals surface area (Å²) in [6, 6.07) is -0.904. The Kier molecular flexibility index (Phi) is 5.52. The molecule has 1 saturated heterocycles. The Labute approximate surface area is 181 Å². The lowest BCUT2D eigenvalue weighted by atomic mass is 9.87. The first-order valence-corrected chi connectivity index (χ1v) is 10.6. The van der Waals surface area contributed by atoms with Crippen LogP contribution in [0.1, 0.15) is 51.1 Å². The number of nitrogens with one attached hydrogen (secondary N) is 1. The molecule has 1 aliphatic heterocycles. The molecule has 2 heterocycles. The number of aromatic nitrogens is 2. The smallest absolute Gasteiger partial charge is 0.329 e. The summed E-state index contributed by atoms with van der Waals surface area (Å²) < 4.78 is 50.4. The van der Waals surface area contributed by atoms with E-state index in [9.17, 15) is 23.5 Å². The molecule has 2 fully saturated rings. The van der Waals surface area contributed by atoms with Crippen molar-refractivity contribution in [2.24, 2.45) is 11.7 Å². The van der Waals surface area contributed by atoms with Gasteiger partial charge in [-0.15, -0.1) is 0 Å². The summed E-state index contributed by atoms with van der Waals surface area (Å²) >= 11 is 0. The molecule has 0 spiro atoms. The van der Waals surface area contributed by atoms with Crippen molar-refractivity contribution in [3.8, 4) is 5.75 Å². The highest BCUT2D eigenvalue weighted by Crippen LogP contribution is 2.47. The molecule has 2 atom stereocenters. The van der Waals surface area contributed by atoms with Crippen LogP contribution in [0.2, 0.25) is 0 Å². The lowest BCUT2D eigenvalue weighted by Gasteiger charge is -2.31. The molecule has 4 N–H and O–H groups in total. The fourth-order valence-corrected chi connectivity index (χ4v) is 4.69. The number of hydrogen-bond acceptors (Lipinski definition) is 6. The van der Waals surface area contributed by atoms with Crippen molar-refractivity contribution < 1.29 is 23.0 Å². The predicted molar refractivity (Wildman–Crippen MR) is 113 cm³/mol. The van der Waals surface area contributed by atoms with E-state index in [4.69, 9.17) is 10.5 Å². The van der Waals surface area contributed by atoms with Gasteiger partial charge in [-0.1, -0.05) is 0 Å². The fourth-order valence-electron chi connectivity index (χ4n) is 4.69. The second-order valence-corrected chi connectivity index (χ2v) is 9.17. The normalized spacial score (nSPS) is 20.4. The summed E-state index contributed by atoms with van der Waals surface area (Å²) in [5, 5.41) is 9.69. The minimum atomic E-state index is -3.29. The van der Waals surface area contributed by atoms with Crippen LogP contribution in [0.25, 0.3) is 10.9 Å². The molecule has 0 bridgehead atoms. The van der Waals surface area contributed by atoms with Gasteiger partial charge in [0.2, 0.25) is 0 Å². The van der Waals surface area contributed by atoms with Crippen LogP contribution in [0.3, 0.4) is 0 Å². The maximum atomic E-state index is 15.6. The van der Waals surface area contributed by atoms with Gasteiger partial charge in [0, 0.05) is 25.2 Å². The number of nitrogens with zero attached hydrogens (tertiary/aromatic N) is 2. The summed E-state index contributed by atoms with van der Waals surface area (Å²) in [5.41, 5.74) is 1.77. The maximum Gasteiger partial charge on any atom is 0.329 e. The third-order valence-electron chi connectivity index (χ3n) is 6.49. The first-order valence-electron chi connectivity index (χ1n) is 10.6. The molecule has 176 valence electrons. The average Bonchev–Trinajstić information content (AvgIpc) is 3.41. The molecular formula is C21H27F3N4O4. The number of alkyl halides is 2. The molecule has 11 heteroatoms. The van der Waals surface area contributed by atoms with E-state index in [2.05, 4.69) is 0 Å². The van der Waals surface area contributed by atoms with Crippen molar-refractivity contribution in [2.75, 3.05) is 25.1 Å². The Morgan fingerprint density at radius 3 is 2.44 bits per heavy atom. The molecule has 4 rings (SSSR count). The Hall–Kier alpha value is -2.53. The number of hydrogen-bond donors (Lipinski definition) is 3. The zero-order valence-corrected chi connectivity index (χ0v) is 18.1. The highest BCUT2D eigenvalue weighted by atomic mass is 19.3. The summed E-state index contributed by atoms with van der Waals surface area (Å²) in [4.78, 5) is 28.7. The molecule has 8 nitrogen and oxygen atoms in total. The monoisotopic (exact) mass is 456 g/mol. The van der Waals surface area contributed by atoms with Gasteiger partial charge in [-0.25, -0.2) is 18.0 Å². The van der Waals surface area contributed by atoms with Crippen molar-refractivity contribution in [1.29, 1.82) is 0 Å². The summed E-state index contributed by atoms with van der Waals surface area (Å²) in [7, 11) is 1.25. The number of aliphatic hydroxyl groups is 1. The summed E-state index contributed by atoms with van der Waals surface area (Å²) in [6.07, 6.45) is -1.52. The first-order chi connectivity index (χ1) is 15.0. The van der Waals surface area contributed by atoms with E-state index >= 15 is 4.39 Å². The van der Waals surface area contributed by atoms with Crippen LogP contribution >= 0.6 is 0 Å². The SMILES string of the molecule is COc1c(N2CCC(C(N)C(C)(C)O)C2)c(F)c(C(F)F)c2c(=O)[nH]c(=O)n(C3CC3)c12. The second-order valence-electron chi connectivity index (χ2n) is 9.17. The molecular weight excluding hydrogens is 429 g/mol. The van der Waals surface area contributed by atoms with Crippen LogP contribution < -0.4 is 26.6 Å². The lowest BCUT2D eigenvalue weighted by molar-refractivity contribution is 0.0337. The van der Waals surface area contributed by atoms with Gasteiger partial charge in [0.05, 0.1) is 23.7 Å². The van der Waals surface area contributed by atoms with Gasteiger partial charge in [-0.3, -0.25) is 14.3 Å². The van der Waals surface area contributed by atoms with E-state index in [-0.39, 0.29) is 42.0 Å². The molecule has 0 radical (unpaired) electrons. The van der Waals surface area contributed by atoms with E-state index in [1.807, 2.05) is 4.98 Å². The molecule has 1 aliphatic carbocycles. The number of nitrogens with two attached hydrogens (primary N) is 1. The zero-order valence-electron chi connectivity index (χ0n) is 18.1. The molecule has 2 aliphatic rings. The first kappa shape index (κ1) is 22.7. The minimum absolute atomic E-state index is 0.120. The van der Waals surface area contributed by atoms with Gasteiger partial charge in [-0.2, -0.15) is 0 Å². The Bertz CT molecular complexity index is 1170. The number of fused-ring (bicyclic) bond motifs is 1. The predicted octanol–water partition coefficient (Wildman–Crippen LogP) is 2.03. The van der Waals surface area contributed by atoms with E-state index < -0.39 is 46.1 Å². The van der Waals surface area contributed by atoms with Gasteiger partial charge < -0.3 is 20.5 Å². The standard InChI is InChI=1S/C21H27F3N4O4/c1-21(2,31)17(25)9-6-7-27(8-9)15-13(22)11(18(23)24)12-14(16(15)32-3)28(10-4-5-10)20(30)26-19(12)29/h9-10,17-18,31H,4-8,25H2,1-3H3,(H,26,29,30). The second kappa shape index (κ2) is 7.80. The van der Waals surface area contributed by atoms with Crippen molar-refractivity contribution in [2.45, 2.75) is 57.2 Å². The van der Waals surface area contributed by atoms with E-state index in [1.54, 1.807) is 18.7 Å². The Morgan fingerprint density at radius 1 is 1.25 bits per heavy atom. The Morgan fingerprint density at radius 2 is 1.91 bits per heavy atom. The maximum absolute atomic E-state index is 15.6. The van der Waals surface area contributed by atoms with E-state index in [1.165, 1.54) is 11.7 Å². The lowest BCUT2D eigenvalue weighted by Crippen LogP contribution is -2.49. The number of anilines is 1. The zero-order chi connectivity index (χ0) is 23.5. The summed E-state index contributed by atoms with van der Waals surface area (Å²) in [6.45, 7) is 3.64. The van der Waals surface area contributed by atoms with Gasteiger partial charge in [0.15, 0.2) is 11.6 Å². The molecule has 1 saturated carbocycles. The number of H-pyrrole nitrogens is 1. The molecule has 32 heavy (non-hydrogen) atoms. The minimum Gasteiger partial charge on any atom is -0.492 e. The quantitative estimate of drug-likeness (QED) is 0.613. The molecule has 1 aromatic carbocycles. The topological polar surface area (TPSA) is 114 Å². The largest absolute Gasteiger partial charge is 0.492 e. The highest BCUT2D eigenvalue weighted by Gasteiger charge is 2.40. The van der Waals surface area contributed by atoms with Crippen molar-refractivity contribution in [1.82, 2.24) is 9.55 Å². The van der Waals surface area contributed by atoms with E-state index in [0.29, 0.717) is 19.3 Å². The van der Waals surface area contributed by atoms with Crippen LogP contribution in [-0.2, 0) is 0 Å². The number of methoxy groups -OCH3 is 1. The van der Waals surface area contributed by atoms with Crippen molar-refractivity contribution in [3.05, 3.63) is 32.2 Å². The van der Waals surface area contributed by atoms with Crippen LogP contribution in [-0.4, -0.2) is 46.5 Å². The van der Waals surface area contributed by atoms with Crippen LogP contribution in [0.5, 0.6) is 5.75 Å². The average molecular weight is 456 g/mol. The molecule has 2 aromatic rings. The third-order valence-corrected chi connectivity index (χ3v) is 6.49. The van der Waals surface area contributed by atoms with E-state index in [0.717, 1.165) is 0 Å². The number of rotatable bonds is 6. The number of ether oxygens (including phenoxy) is 1. The Balaban J connectivity index is 1.98.